The summed E-state index contributed by atoms with van der Waals surface area (Å²) in [5.41, 5.74) is -1.05. The van der Waals surface area contributed by atoms with E-state index in [4.69, 9.17) is 0 Å². The molecule has 5 heteroatoms. The summed E-state index contributed by atoms with van der Waals surface area (Å²) in [6, 6.07) is 2.32. The van der Waals surface area contributed by atoms with Crippen molar-refractivity contribution in [2.75, 3.05) is 0 Å². The van der Waals surface area contributed by atoms with E-state index in [1.54, 1.807) is 0 Å². The first-order valence-corrected chi connectivity index (χ1v) is 3.41. The highest BCUT2D eigenvalue weighted by molar-refractivity contribution is 7.80. The molecule has 0 aromatic heterocycles. The van der Waals surface area contributed by atoms with Gasteiger partial charge in [0.25, 0.3) is 0 Å². The molecule has 0 fully saturated rings. The molecule has 66 valence electrons. The predicted octanol–water partition coefficient (Wildman–Crippen LogP) is 3.13. The van der Waals surface area contributed by atoms with Crippen LogP contribution in [0.2, 0.25) is 0 Å². The van der Waals surface area contributed by atoms with Gasteiger partial charge in [-0.3, -0.25) is 0 Å². The molecule has 0 spiro atoms. The third-order valence-corrected chi connectivity index (χ3v) is 1.65. The molecule has 0 bridgehead atoms. The molecule has 12 heavy (non-hydrogen) atoms. The molecular formula is C7H4F4S. The molecule has 0 unspecified atom stereocenters. The van der Waals surface area contributed by atoms with Gasteiger partial charge < -0.3 is 0 Å². The molecule has 0 radical (unpaired) electrons. The Morgan fingerprint density at radius 2 is 1.75 bits per heavy atom. The zero-order valence-electron chi connectivity index (χ0n) is 5.69. The van der Waals surface area contributed by atoms with Crippen LogP contribution in [-0.2, 0) is 6.18 Å². The highest BCUT2D eigenvalue weighted by atomic mass is 32.1. The highest BCUT2D eigenvalue weighted by Crippen LogP contribution is 2.33. The van der Waals surface area contributed by atoms with Gasteiger partial charge in [-0.2, -0.15) is 13.2 Å². The molecule has 0 amide bonds. The number of alkyl halides is 3. The van der Waals surface area contributed by atoms with Crippen LogP contribution in [0.3, 0.4) is 0 Å². The molecule has 0 saturated heterocycles. The van der Waals surface area contributed by atoms with Crippen LogP contribution in [0.1, 0.15) is 5.56 Å². The van der Waals surface area contributed by atoms with Crippen LogP contribution in [0.25, 0.3) is 0 Å². The molecule has 1 rings (SSSR count). The number of hydrogen-bond donors (Lipinski definition) is 1. The second-order valence-corrected chi connectivity index (χ2v) is 2.64. The zero-order valence-corrected chi connectivity index (χ0v) is 6.59. The van der Waals surface area contributed by atoms with Crippen molar-refractivity contribution < 1.29 is 17.6 Å². The van der Waals surface area contributed by atoms with E-state index in [2.05, 4.69) is 12.6 Å². The average Bonchev–Trinajstić information content (AvgIpc) is 1.92. The van der Waals surface area contributed by atoms with E-state index in [1.165, 1.54) is 0 Å². The summed E-state index contributed by atoms with van der Waals surface area (Å²) in [5, 5.41) is 0. The Balaban J connectivity index is 3.23. The Kier molecular flexibility index (Phi) is 2.32. The summed E-state index contributed by atoms with van der Waals surface area (Å²) < 4.78 is 48.4. The van der Waals surface area contributed by atoms with Crippen molar-refractivity contribution in [2.45, 2.75) is 11.1 Å². The summed E-state index contributed by atoms with van der Waals surface area (Å²) in [6.07, 6.45) is -4.54. The molecule has 0 aliphatic heterocycles. The predicted molar refractivity (Wildman–Crippen MR) is 38.7 cm³/mol. The normalized spacial score (nSPS) is 11.8. The fourth-order valence-corrected chi connectivity index (χ4v) is 1.00. The first kappa shape index (κ1) is 9.38. The van der Waals surface area contributed by atoms with Crippen molar-refractivity contribution in [3.63, 3.8) is 0 Å². The van der Waals surface area contributed by atoms with Gasteiger partial charge in [-0.15, -0.1) is 12.6 Å². The van der Waals surface area contributed by atoms with E-state index in [-0.39, 0.29) is 4.90 Å². The minimum absolute atomic E-state index is 0.274. The maximum atomic E-state index is 12.3. The lowest BCUT2D eigenvalue weighted by atomic mass is 10.2. The maximum Gasteiger partial charge on any atom is 0.417 e. The summed E-state index contributed by atoms with van der Waals surface area (Å²) in [5.74, 6) is -0.917. The zero-order chi connectivity index (χ0) is 9.35. The van der Waals surface area contributed by atoms with Crippen LogP contribution < -0.4 is 0 Å². The first-order chi connectivity index (χ1) is 5.41. The lowest BCUT2D eigenvalue weighted by molar-refractivity contribution is -0.139. The van der Waals surface area contributed by atoms with E-state index in [1.807, 2.05) is 0 Å². The van der Waals surface area contributed by atoms with Gasteiger partial charge in [-0.25, -0.2) is 4.39 Å². The van der Waals surface area contributed by atoms with Crippen LogP contribution >= 0.6 is 12.6 Å². The SMILES string of the molecule is Fc1ccc(S)c(C(F)(F)F)c1. The summed E-state index contributed by atoms with van der Waals surface area (Å²) in [7, 11) is 0. The molecule has 0 heterocycles. The molecule has 1 aromatic carbocycles. The van der Waals surface area contributed by atoms with Gasteiger partial charge in [0.1, 0.15) is 5.82 Å². The van der Waals surface area contributed by atoms with Gasteiger partial charge in [0.15, 0.2) is 0 Å². The van der Waals surface area contributed by atoms with Gasteiger partial charge >= 0.3 is 6.18 Å². The minimum atomic E-state index is -4.54. The number of rotatable bonds is 0. The second kappa shape index (κ2) is 2.97. The number of benzene rings is 1. The third-order valence-electron chi connectivity index (χ3n) is 1.26. The van der Waals surface area contributed by atoms with Crippen LogP contribution in [0.15, 0.2) is 23.1 Å². The number of hydrogen-bond acceptors (Lipinski definition) is 1. The Labute approximate surface area is 71.6 Å². The van der Waals surface area contributed by atoms with Crippen molar-refractivity contribution in [1.29, 1.82) is 0 Å². The van der Waals surface area contributed by atoms with Crippen LogP contribution in [0.5, 0.6) is 0 Å². The van der Waals surface area contributed by atoms with Crippen LogP contribution in [-0.4, -0.2) is 0 Å². The van der Waals surface area contributed by atoms with Crippen molar-refractivity contribution in [3.8, 4) is 0 Å². The van der Waals surface area contributed by atoms with Crippen LogP contribution in [0, 0.1) is 5.82 Å². The Morgan fingerprint density at radius 1 is 1.17 bits per heavy atom. The van der Waals surface area contributed by atoms with E-state index in [9.17, 15) is 17.6 Å². The fourth-order valence-electron chi connectivity index (χ4n) is 0.735. The van der Waals surface area contributed by atoms with Crippen LogP contribution in [0.4, 0.5) is 17.6 Å². The Hall–Kier alpha value is -0.710. The van der Waals surface area contributed by atoms with E-state index < -0.39 is 17.6 Å². The smallest absolute Gasteiger partial charge is 0.207 e. The van der Waals surface area contributed by atoms with Gasteiger partial charge in [0.05, 0.1) is 5.56 Å². The van der Waals surface area contributed by atoms with Gasteiger partial charge in [0.2, 0.25) is 0 Å². The van der Waals surface area contributed by atoms with E-state index in [0.29, 0.717) is 6.07 Å². The lowest BCUT2D eigenvalue weighted by Crippen LogP contribution is -2.06. The minimum Gasteiger partial charge on any atom is -0.207 e. The number of halogens is 4. The summed E-state index contributed by atoms with van der Waals surface area (Å²) in [6.45, 7) is 0. The molecule has 0 aliphatic rings. The Morgan fingerprint density at radius 3 is 2.17 bits per heavy atom. The molecule has 0 nitrogen and oxygen atoms in total. The molecule has 1 aromatic rings. The average molecular weight is 196 g/mol. The maximum absolute atomic E-state index is 12.3. The second-order valence-electron chi connectivity index (χ2n) is 2.16. The topological polar surface area (TPSA) is 0 Å². The summed E-state index contributed by atoms with van der Waals surface area (Å²) in [4.78, 5) is -0.274. The lowest BCUT2D eigenvalue weighted by Gasteiger charge is -2.08. The first-order valence-electron chi connectivity index (χ1n) is 2.97. The van der Waals surface area contributed by atoms with Crippen molar-refractivity contribution in [1.82, 2.24) is 0 Å². The van der Waals surface area contributed by atoms with E-state index >= 15 is 0 Å². The van der Waals surface area contributed by atoms with E-state index in [0.717, 1.165) is 12.1 Å². The molecular weight excluding hydrogens is 192 g/mol. The molecule has 0 N–H and O–H groups in total. The largest absolute Gasteiger partial charge is 0.417 e. The van der Waals surface area contributed by atoms with Gasteiger partial charge in [-0.1, -0.05) is 0 Å². The molecule has 0 atom stereocenters. The fraction of sp³-hybridized carbons (Fsp3) is 0.143. The standard InChI is InChI=1S/C7H4F4S/c8-4-1-2-6(12)5(3-4)7(9,10)11/h1-3,12H. The third kappa shape index (κ3) is 1.91. The number of thiol groups is 1. The monoisotopic (exact) mass is 196 g/mol. The van der Waals surface area contributed by atoms with Crippen molar-refractivity contribution >= 4 is 12.6 Å². The summed E-state index contributed by atoms with van der Waals surface area (Å²) >= 11 is 3.55. The highest BCUT2D eigenvalue weighted by Gasteiger charge is 2.32. The Bertz CT molecular complexity index is 292. The quantitative estimate of drug-likeness (QED) is 0.478. The van der Waals surface area contributed by atoms with Crippen molar-refractivity contribution in [2.24, 2.45) is 0 Å². The van der Waals surface area contributed by atoms with Crippen molar-refractivity contribution in [3.05, 3.63) is 29.6 Å². The molecule has 0 aliphatic carbocycles. The van der Waals surface area contributed by atoms with Gasteiger partial charge in [-0.05, 0) is 18.2 Å². The molecule has 0 saturated carbocycles. The van der Waals surface area contributed by atoms with Gasteiger partial charge in [0, 0.05) is 4.90 Å².